The Balaban J connectivity index is 1.60. The van der Waals surface area contributed by atoms with Crippen molar-refractivity contribution in [2.75, 3.05) is 18.0 Å². The summed E-state index contributed by atoms with van der Waals surface area (Å²) < 4.78 is 0. The fraction of sp³-hybridized carbons (Fsp3) is 0.364. The van der Waals surface area contributed by atoms with Crippen LogP contribution in [0.1, 0.15) is 29.2 Å². The number of rotatable bonds is 2. The van der Waals surface area contributed by atoms with Crippen molar-refractivity contribution >= 4 is 17.5 Å². The summed E-state index contributed by atoms with van der Waals surface area (Å²) in [6.45, 7) is 5.72. The molecule has 3 atom stereocenters. The first kappa shape index (κ1) is 16.7. The second kappa shape index (κ2) is 6.01. The van der Waals surface area contributed by atoms with E-state index < -0.39 is 0 Å². The summed E-state index contributed by atoms with van der Waals surface area (Å²) in [7, 11) is 0. The third-order valence-electron chi connectivity index (χ3n) is 6.14. The van der Waals surface area contributed by atoms with Gasteiger partial charge in [-0.05, 0) is 37.5 Å². The van der Waals surface area contributed by atoms with E-state index in [0.29, 0.717) is 0 Å². The number of anilines is 1. The van der Waals surface area contributed by atoms with Gasteiger partial charge in [0.15, 0.2) is 0 Å². The van der Waals surface area contributed by atoms with Gasteiger partial charge >= 0.3 is 0 Å². The number of carbonyl (C=O) groups is 2. The van der Waals surface area contributed by atoms with Crippen molar-refractivity contribution in [3.8, 4) is 0 Å². The molecule has 0 N–H and O–H groups in total. The molecule has 3 aliphatic rings. The number of imide groups is 1. The zero-order valence-corrected chi connectivity index (χ0v) is 15.6. The standard InChI is InChI=1S/C22H23N3O2/c1-14-9-10-17(15(2)13-14)25-21(26)18-19(16-7-4-3-5-8-16)23-11-6-12-24(23)20(18)22(25)27/h3-5,7-10,13,18-20H,6,11-12H2,1-2H3/t18-,19-,20+/m0/s1. The average molecular weight is 361 g/mol. The van der Waals surface area contributed by atoms with Crippen molar-refractivity contribution in [3.05, 3.63) is 65.2 Å². The monoisotopic (exact) mass is 361 g/mol. The first-order valence-corrected chi connectivity index (χ1v) is 9.61. The Labute approximate surface area is 159 Å². The Bertz CT molecular complexity index is 926. The van der Waals surface area contributed by atoms with Gasteiger partial charge in [-0.3, -0.25) is 9.59 Å². The fourth-order valence-corrected chi connectivity index (χ4v) is 5.06. The van der Waals surface area contributed by atoms with Crippen LogP contribution in [0.2, 0.25) is 0 Å². The summed E-state index contributed by atoms with van der Waals surface area (Å²) in [5, 5.41) is 4.39. The van der Waals surface area contributed by atoms with Crippen LogP contribution >= 0.6 is 0 Å². The Morgan fingerprint density at radius 1 is 0.852 bits per heavy atom. The van der Waals surface area contributed by atoms with Gasteiger partial charge in [-0.15, -0.1) is 0 Å². The highest BCUT2D eigenvalue weighted by atomic mass is 16.2. The Hall–Kier alpha value is -2.50. The maximum atomic E-state index is 13.5. The molecule has 3 saturated heterocycles. The Morgan fingerprint density at radius 2 is 1.56 bits per heavy atom. The normalized spacial score (nSPS) is 28.1. The number of hydrogen-bond acceptors (Lipinski definition) is 4. The van der Waals surface area contributed by atoms with Crippen molar-refractivity contribution in [2.24, 2.45) is 5.92 Å². The molecule has 0 radical (unpaired) electrons. The second-order valence-electron chi connectivity index (χ2n) is 7.81. The van der Waals surface area contributed by atoms with Crippen LogP contribution in [0.4, 0.5) is 5.69 Å². The largest absolute Gasteiger partial charge is 0.274 e. The van der Waals surface area contributed by atoms with Crippen molar-refractivity contribution in [1.82, 2.24) is 10.0 Å². The molecule has 0 aliphatic carbocycles. The van der Waals surface area contributed by atoms with Crippen LogP contribution in [-0.2, 0) is 9.59 Å². The van der Waals surface area contributed by atoms with Crippen LogP contribution < -0.4 is 4.90 Å². The summed E-state index contributed by atoms with van der Waals surface area (Å²) in [5.74, 6) is -0.497. The minimum atomic E-state index is -0.383. The molecule has 27 heavy (non-hydrogen) atoms. The quantitative estimate of drug-likeness (QED) is 0.772. The molecule has 0 saturated carbocycles. The highest BCUT2D eigenvalue weighted by Gasteiger charge is 2.62. The molecule has 0 aromatic heterocycles. The molecule has 5 heteroatoms. The molecular formula is C22H23N3O2. The molecule has 5 rings (SSSR count). The number of amides is 2. The maximum absolute atomic E-state index is 13.5. The number of hydrogen-bond donors (Lipinski definition) is 0. The van der Waals surface area contributed by atoms with Gasteiger partial charge in [0.25, 0.3) is 5.91 Å². The number of carbonyl (C=O) groups excluding carboxylic acids is 2. The number of hydrazine groups is 1. The molecule has 0 bridgehead atoms. The molecule has 2 amide bonds. The van der Waals surface area contributed by atoms with Crippen molar-refractivity contribution in [2.45, 2.75) is 32.4 Å². The Kier molecular flexibility index (Phi) is 3.71. The third-order valence-corrected chi connectivity index (χ3v) is 6.14. The van der Waals surface area contributed by atoms with Crippen molar-refractivity contribution in [3.63, 3.8) is 0 Å². The van der Waals surface area contributed by atoms with Gasteiger partial charge in [-0.1, -0.05) is 48.0 Å². The summed E-state index contributed by atoms with van der Waals surface area (Å²) >= 11 is 0. The molecule has 3 heterocycles. The van der Waals surface area contributed by atoms with E-state index in [4.69, 9.17) is 0 Å². The van der Waals surface area contributed by atoms with Gasteiger partial charge in [0.1, 0.15) is 6.04 Å². The molecule has 5 nitrogen and oxygen atoms in total. The van der Waals surface area contributed by atoms with Gasteiger partial charge in [0, 0.05) is 13.1 Å². The number of nitrogens with zero attached hydrogens (tertiary/aromatic N) is 3. The van der Waals surface area contributed by atoms with Crippen LogP contribution in [0.5, 0.6) is 0 Å². The van der Waals surface area contributed by atoms with Crippen LogP contribution in [0.15, 0.2) is 48.5 Å². The first-order chi connectivity index (χ1) is 13.1. The molecule has 138 valence electrons. The number of benzene rings is 2. The minimum absolute atomic E-state index is 0.0640. The van der Waals surface area contributed by atoms with Crippen LogP contribution in [0, 0.1) is 19.8 Å². The van der Waals surface area contributed by atoms with E-state index in [1.54, 1.807) is 0 Å². The molecule has 2 aromatic carbocycles. The summed E-state index contributed by atoms with van der Waals surface area (Å²) in [5.41, 5.74) is 3.93. The summed E-state index contributed by atoms with van der Waals surface area (Å²) in [6.07, 6.45) is 1.03. The van der Waals surface area contributed by atoms with Crippen molar-refractivity contribution < 1.29 is 9.59 Å². The smallest absolute Gasteiger partial charge is 0.253 e. The van der Waals surface area contributed by atoms with Crippen molar-refractivity contribution in [1.29, 1.82) is 0 Å². The highest BCUT2D eigenvalue weighted by Crippen LogP contribution is 2.49. The lowest BCUT2D eigenvalue weighted by molar-refractivity contribution is -0.126. The van der Waals surface area contributed by atoms with Gasteiger partial charge in [-0.2, -0.15) is 0 Å². The third kappa shape index (κ3) is 2.32. The van der Waals surface area contributed by atoms with Gasteiger partial charge in [-0.25, -0.2) is 14.9 Å². The molecular weight excluding hydrogens is 338 g/mol. The van der Waals surface area contributed by atoms with E-state index >= 15 is 0 Å². The SMILES string of the molecule is Cc1ccc(N2C(=O)[C@@H]3[C@H](C2=O)N2CCCN2[C@H]3c2ccccc2)c(C)c1. The predicted octanol–water partition coefficient (Wildman–Crippen LogP) is 2.84. The molecule has 2 aromatic rings. The van der Waals surface area contributed by atoms with Gasteiger partial charge < -0.3 is 0 Å². The van der Waals surface area contributed by atoms with Crippen LogP contribution in [-0.4, -0.2) is 41.0 Å². The molecule has 0 spiro atoms. The first-order valence-electron chi connectivity index (χ1n) is 9.61. The van der Waals surface area contributed by atoms with E-state index in [2.05, 4.69) is 22.2 Å². The highest BCUT2D eigenvalue weighted by molar-refractivity contribution is 6.24. The van der Waals surface area contributed by atoms with E-state index in [9.17, 15) is 9.59 Å². The van der Waals surface area contributed by atoms with E-state index in [0.717, 1.165) is 41.9 Å². The topological polar surface area (TPSA) is 43.9 Å². The zero-order chi connectivity index (χ0) is 18.7. The molecule has 3 aliphatic heterocycles. The summed E-state index contributed by atoms with van der Waals surface area (Å²) in [6, 6.07) is 15.6. The van der Waals surface area contributed by atoms with Gasteiger partial charge in [0.05, 0.1) is 17.6 Å². The Morgan fingerprint density at radius 3 is 2.26 bits per heavy atom. The predicted molar refractivity (Wildman–Crippen MR) is 103 cm³/mol. The number of aryl methyl sites for hydroxylation is 2. The van der Waals surface area contributed by atoms with E-state index in [1.165, 1.54) is 4.90 Å². The lowest BCUT2D eigenvalue weighted by Crippen LogP contribution is -2.44. The summed E-state index contributed by atoms with van der Waals surface area (Å²) in [4.78, 5) is 28.3. The fourth-order valence-electron chi connectivity index (χ4n) is 5.06. The van der Waals surface area contributed by atoms with E-state index in [-0.39, 0.29) is 29.8 Å². The average Bonchev–Trinajstić information content (AvgIpc) is 3.29. The minimum Gasteiger partial charge on any atom is -0.274 e. The zero-order valence-electron chi connectivity index (χ0n) is 15.6. The number of fused-ring (bicyclic) bond motifs is 3. The lowest BCUT2D eigenvalue weighted by Gasteiger charge is -2.30. The molecule has 3 fully saturated rings. The molecule has 0 unspecified atom stereocenters. The van der Waals surface area contributed by atoms with E-state index in [1.807, 2.05) is 50.2 Å². The van der Waals surface area contributed by atoms with Gasteiger partial charge in [0.2, 0.25) is 5.91 Å². The van der Waals surface area contributed by atoms with Crippen LogP contribution in [0.3, 0.4) is 0 Å². The lowest BCUT2D eigenvalue weighted by atomic mass is 9.90. The second-order valence-corrected chi connectivity index (χ2v) is 7.81. The maximum Gasteiger partial charge on any atom is 0.253 e. The van der Waals surface area contributed by atoms with Crippen LogP contribution in [0.25, 0.3) is 0 Å².